The van der Waals surface area contributed by atoms with Crippen LogP contribution >= 0.6 is 0 Å². The lowest BCUT2D eigenvalue weighted by Gasteiger charge is -2.01. The van der Waals surface area contributed by atoms with E-state index in [1.807, 2.05) is 31.2 Å². The predicted molar refractivity (Wildman–Crippen MR) is 55.8 cm³/mol. The molecule has 0 bridgehead atoms. The van der Waals surface area contributed by atoms with Crippen LogP contribution < -0.4 is 0 Å². The van der Waals surface area contributed by atoms with Crippen LogP contribution in [0.1, 0.15) is 36.7 Å². The molecule has 0 aromatic heterocycles. The average Bonchev–Trinajstić information content (AvgIpc) is 2.17. The normalized spacial score (nSPS) is 11.5. The highest BCUT2D eigenvalue weighted by Crippen LogP contribution is 2.14. The van der Waals surface area contributed by atoms with Crippen molar-refractivity contribution in [2.75, 3.05) is 0 Å². The van der Waals surface area contributed by atoms with Crippen LogP contribution in [-0.4, -0.2) is 5.78 Å². The zero-order valence-electron chi connectivity index (χ0n) is 8.29. The summed E-state index contributed by atoms with van der Waals surface area (Å²) in [6.45, 7) is 5.65. The number of hydrogen-bond donors (Lipinski definition) is 0. The van der Waals surface area contributed by atoms with Crippen molar-refractivity contribution in [1.82, 2.24) is 0 Å². The van der Waals surface area contributed by atoms with Crippen molar-refractivity contribution in [3.63, 3.8) is 0 Å². The lowest BCUT2D eigenvalue weighted by molar-refractivity contribution is 0.101. The molecular formula is C12H14O. The second-order valence-electron chi connectivity index (χ2n) is 3.11. The van der Waals surface area contributed by atoms with Crippen molar-refractivity contribution in [3.05, 3.63) is 41.5 Å². The Morgan fingerprint density at radius 1 is 1.08 bits per heavy atom. The Labute approximate surface area is 79.1 Å². The van der Waals surface area contributed by atoms with Crippen molar-refractivity contribution in [3.8, 4) is 0 Å². The third-order valence-electron chi connectivity index (χ3n) is 2.18. The standard InChI is InChI=1S/C12H14O/c1-4-9(2)11-5-7-12(8-6-11)10(3)13/h4-8H,1-3H3. The number of Topliss-reactive ketones (excluding diaryl/α,β-unsaturated/α-hetero) is 1. The van der Waals surface area contributed by atoms with E-state index in [1.165, 1.54) is 11.1 Å². The van der Waals surface area contributed by atoms with Gasteiger partial charge in [0.05, 0.1) is 0 Å². The molecule has 68 valence electrons. The maximum atomic E-state index is 11.0. The fourth-order valence-electron chi connectivity index (χ4n) is 1.13. The Morgan fingerprint density at radius 2 is 1.54 bits per heavy atom. The number of carbonyl (C=O) groups is 1. The molecule has 0 atom stereocenters. The molecule has 1 aromatic rings. The largest absolute Gasteiger partial charge is 0.295 e. The van der Waals surface area contributed by atoms with Gasteiger partial charge in [-0.3, -0.25) is 4.79 Å². The van der Waals surface area contributed by atoms with E-state index < -0.39 is 0 Å². The molecule has 0 aliphatic heterocycles. The summed E-state index contributed by atoms with van der Waals surface area (Å²) in [5.41, 5.74) is 3.18. The van der Waals surface area contributed by atoms with Crippen LogP contribution in [-0.2, 0) is 0 Å². The third kappa shape index (κ3) is 2.28. The zero-order valence-corrected chi connectivity index (χ0v) is 8.29. The molecule has 0 N–H and O–H groups in total. The van der Waals surface area contributed by atoms with Gasteiger partial charge in [0.2, 0.25) is 0 Å². The summed E-state index contributed by atoms with van der Waals surface area (Å²) in [5.74, 6) is 0.115. The summed E-state index contributed by atoms with van der Waals surface area (Å²) in [4.78, 5) is 11.0. The summed E-state index contributed by atoms with van der Waals surface area (Å²) in [6.07, 6.45) is 2.06. The molecule has 13 heavy (non-hydrogen) atoms. The SMILES string of the molecule is CC=C(C)c1ccc(C(C)=O)cc1. The number of ketones is 1. The van der Waals surface area contributed by atoms with Gasteiger partial charge in [-0.25, -0.2) is 0 Å². The Bertz CT molecular complexity index is 331. The highest BCUT2D eigenvalue weighted by atomic mass is 16.1. The van der Waals surface area contributed by atoms with Gasteiger partial charge in [-0.2, -0.15) is 0 Å². The second kappa shape index (κ2) is 4.04. The van der Waals surface area contributed by atoms with Gasteiger partial charge in [0.1, 0.15) is 0 Å². The summed E-state index contributed by atoms with van der Waals surface area (Å²) < 4.78 is 0. The molecule has 1 rings (SSSR count). The molecule has 1 heteroatoms. The highest BCUT2D eigenvalue weighted by Gasteiger charge is 1.98. The van der Waals surface area contributed by atoms with E-state index in [0.717, 1.165) is 5.56 Å². The van der Waals surface area contributed by atoms with Gasteiger partial charge in [0.25, 0.3) is 0 Å². The van der Waals surface area contributed by atoms with Crippen molar-refractivity contribution < 1.29 is 4.79 Å². The third-order valence-corrected chi connectivity index (χ3v) is 2.18. The van der Waals surface area contributed by atoms with Crippen LogP contribution in [0.2, 0.25) is 0 Å². The van der Waals surface area contributed by atoms with Gasteiger partial charge in [-0.15, -0.1) is 0 Å². The van der Waals surface area contributed by atoms with Crippen LogP contribution in [0.15, 0.2) is 30.3 Å². The first-order valence-electron chi connectivity index (χ1n) is 4.39. The Balaban J connectivity index is 3.00. The van der Waals surface area contributed by atoms with Crippen molar-refractivity contribution in [1.29, 1.82) is 0 Å². The molecule has 0 spiro atoms. The molecule has 0 aliphatic carbocycles. The minimum atomic E-state index is 0.115. The number of benzene rings is 1. The van der Waals surface area contributed by atoms with Gasteiger partial charge in [-0.05, 0) is 31.9 Å². The van der Waals surface area contributed by atoms with E-state index in [-0.39, 0.29) is 5.78 Å². The van der Waals surface area contributed by atoms with E-state index in [9.17, 15) is 4.79 Å². The molecule has 0 radical (unpaired) electrons. The van der Waals surface area contributed by atoms with E-state index in [2.05, 4.69) is 13.0 Å². The summed E-state index contributed by atoms with van der Waals surface area (Å²) in [6, 6.07) is 7.69. The number of hydrogen-bond acceptors (Lipinski definition) is 1. The monoisotopic (exact) mass is 174 g/mol. The first-order chi connectivity index (χ1) is 6.15. The van der Waals surface area contributed by atoms with Crippen LogP contribution in [0.4, 0.5) is 0 Å². The molecule has 0 amide bonds. The van der Waals surface area contributed by atoms with E-state index in [4.69, 9.17) is 0 Å². The minimum absolute atomic E-state index is 0.115. The van der Waals surface area contributed by atoms with Crippen molar-refractivity contribution in [2.45, 2.75) is 20.8 Å². The zero-order chi connectivity index (χ0) is 9.84. The Morgan fingerprint density at radius 3 is 1.92 bits per heavy atom. The summed E-state index contributed by atoms with van der Waals surface area (Å²) >= 11 is 0. The molecular weight excluding hydrogens is 160 g/mol. The van der Waals surface area contributed by atoms with Crippen LogP contribution in [0, 0.1) is 0 Å². The Hall–Kier alpha value is -1.37. The minimum Gasteiger partial charge on any atom is -0.295 e. The van der Waals surface area contributed by atoms with Crippen molar-refractivity contribution >= 4 is 11.4 Å². The molecule has 0 unspecified atom stereocenters. The molecule has 0 saturated carbocycles. The van der Waals surface area contributed by atoms with Gasteiger partial charge < -0.3 is 0 Å². The maximum absolute atomic E-state index is 11.0. The first kappa shape index (κ1) is 9.72. The topological polar surface area (TPSA) is 17.1 Å². The summed E-state index contributed by atoms with van der Waals surface area (Å²) in [7, 11) is 0. The molecule has 0 heterocycles. The van der Waals surface area contributed by atoms with E-state index in [1.54, 1.807) is 6.92 Å². The van der Waals surface area contributed by atoms with Crippen molar-refractivity contribution in [2.24, 2.45) is 0 Å². The maximum Gasteiger partial charge on any atom is 0.159 e. The van der Waals surface area contributed by atoms with Gasteiger partial charge >= 0.3 is 0 Å². The lowest BCUT2D eigenvalue weighted by atomic mass is 10.0. The second-order valence-corrected chi connectivity index (χ2v) is 3.11. The first-order valence-corrected chi connectivity index (χ1v) is 4.39. The molecule has 0 fully saturated rings. The number of rotatable bonds is 2. The quantitative estimate of drug-likeness (QED) is 0.628. The van der Waals surface area contributed by atoms with E-state index >= 15 is 0 Å². The fraction of sp³-hybridized carbons (Fsp3) is 0.250. The average molecular weight is 174 g/mol. The van der Waals surface area contributed by atoms with E-state index in [0.29, 0.717) is 0 Å². The van der Waals surface area contributed by atoms with Gasteiger partial charge in [-0.1, -0.05) is 30.3 Å². The predicted octanol–water partition coefficient (Wildman–Crippen LogP) is 3.31. The van der Waals surface area contributed by atoms with Gasteiger partial charge in [0.15, 0.2) is 5.78 Å². The lowest BCUT2D eigenvalue weighted by Crippen LogP contribution is -1.91. The molecule has 1 nitrogen and oxygen atoms in total. The van der Waals surface area contributed by atoms with Crippen LogP contribution in [0.25, 0.3) is 5.57 Å². The summed E-state index contributed by atoms with van der Waals surface area (Å²) in [5, 5.41) is 0. The van der Waals surface area contributed by atoms with Crippen LogP contribution in [0.3, 0.4) is 0 Å². The highest BCUT2D eigenvalue weighted by molar-refractivity contribution is 5.94. The number of carbonyl (C=O) groups excluding carboxylic acids is 1. The Kier molecular flexibility index (Phi) is 3.02. The molecule has 0 aliphatic rings. The van der Waals surface area contributed by atoms with Gasteiger partial charge in [0, 0.05) is 5.56 Å². The fourth-order valence-corrected chi connectivity index (χ4v) is 1.13. The molecule has 0 saturated heterocycles. The number of allylic oxidation sites excluding steroid dienone is 2. The van der Waals surface area contributed by atoms with Crippen LogP contribution in [0.5, 0.6) is 0 Å². The molecule has 1 aromatic carbocycles. The smallest absolute Gasteiger partial charge is 0.159 e.